The summed E-state index contributed by atoms with van der Waals surface area (Å²) in [5.41, 5.74) is 1.78. The lowest BCUT2D eigenvalue weighted by Gasteiger charge is -2.07. The fraction of sp³-hybridized carbons (Fsp3) is 0.286. The summed E-state index contributed by atoms with van der Waals surface area (Å²) in [6.45, 7) is 1.34. The number of aromatic nitrogens is 2. The molecule has 1 N–H and O–H groups in total. The molecule has 1 aromatic carbocycles. The standard InChI is InChI=1S/C21H22ClN3O4/c1-27-10-11-28-20-8-2-15(13-24-20)12-23-19(26)7-9-21-25-14-18(29-21)16-3-5-17(22)6-4-16/h2-6,8,13-14H,7,9-12H2,1H3,(H,23,26). The van der Waals surface area contributed by atoms with E-state index in [1.807, 2.05) is 18.2 Å². The van der Waals surface area contributed by atoms with E-state index in [0.717, 1.165) is 11.1 Å². The van der Waals surface area contributed by atoms with Gasteiger partial charge in [0.1, 0.15) is 6.61 Å². The Kier molecular flexibility index (Phi) is 7.61. The Morgan fingerprint density at radius 3 is 2.66 bits per heavy atom. The monoisotopic (exact) mass is 415 g/mol. The van der Waals surface area contributed by atoms with E-state index in [1.165, 1.54) is 0 Å². The molecule has 3 rings (SSSR count). The summed E-state index contributed by atoms with van der Waals surface area (Å²) in [4.78, 5) is 20.5. The van der Waals surface area contributed by atoms with E-state index < -0.39 is 0 Å². The van der Waals surface area contributed by atoms with Crippen molar-refractivity contribution in [2.24, 2.45) is 0 Å². The Morgan fingerprint density at radius 2 is 1.93 bits per heavy atom. The minimum atomic E-state index is -0.0864. The molecule has 152 valence electrons. The molecule has 1 amide bonds. The maximum atomic E-state index is 12.1. The third kappa shape index (κ3) is 6.58. The average molecular weight is 416 g/mol. The molecular formula is C21H22ClN3O4. The lowest BCUT2D eigenvalue weighted by Crippen LogP contribution is -2.23. The Morgan fingerprint density at radius 1 is 1.10 bits per heavy atom. The minimum absolute atomic E-state index is 0.0864. The highest BCUT2D eigenvalue weighted by molar-refractivity contribution is 6.30. The van der Waals surface area contributed by atoms with Crippen molar-refractivity contribution < 1.29 is 18.7 Å². The molecule has 0 spiro atoms. The van der Waals surface area contributed by atoms with Gasteiger partial charge in [-0.15, -0.1) is 0 Å². The molecule has 0 aliphatic rings. The molecule has 0 radical (unpaired) electrons. The van der Waals surface area contributed by atoms with Gasteiger partial charge in [0.15, 0.2) is 11.7 Å². The summed E-state index contributed by atoms with van der Waals surface area (Å²) >= 11 is 5.89. The molecule has 7 nitrogen and oxygen atoms in total. The molecule has 3 aromatic rings. The Bertz CT molecular complexity index is 910. The smallest absolute Gasteiger partial charge is 0.220 e. The number of halogens is 1. The van der Waals surface area contributed by atoms with Crippen LogP contribution in [0.5, 0.6) is 5.88 Å². The number of carbonyl (C=O) groups is 1. The number of pyridine rings is 1. The summed E-state index contributed by atoms with van der Waals surface area (Å²) in [6.07, 6.45) is 4.03. The first-order valence-corrected chi connectivity index (χ1v) is 9.56. The molecule has 29 heavy (non-hydrogen) atoms. The normalized spacial score (nSPS) is 10.7. The molecule has 0 aliphatic heterocycles. The zero-order valence-corrected chi connectivity index (χ0v) is 16.8. The second kappa shape index (κ2) is 10.6. The van der Waals surface area contributed by atoms with E-state index in [4.69, 9.17) is 25.5 Å². The summed E-state index contributed by atoms with van der Waals surface area (Å²) in [5, 5.41) is 3.52. The number of methoxy groups -OCH3 is 1. The maximum absolute atomic E-state index is 12.1. The molecule has 0 aliphatic carbocycles. The summed E-state index contributed by atoms with van der Waals surface area (Å²) in [5.74, 6) is 1.61. The second-order valence-corrected chi connectivity index (χ2v) is 6.68. The highest BCUT2D eigenvalue weighted by Gasteiger charge is 2.09. The molecule has 0 saturated heterocycles. The fourth-order valence-electron chi connectivity index (χ4n) is 2.51. The van der Waals surface area contributed by atoms with Gasteiger partial charge in [-0.1, -0.05) is 17.7 Å². The largest absolute Gasteiger partial charge is 0.475 e. The van der Waals surface area contributed by atoms with E-state index in [1.54, 1.807) is 37.7 Å². The highest BCUT2D eigenvalue weighted by atomic mass is 35.5. The van der Waals surface area contributed by atoms with Crippen LogP contribution in [0.3, 0.4) is 0 Å². The van der Waals surface area contributed by atoms with Gasteiger partial charge >= 0.3 is 0 Å². The molecule has 2 heterocycles. The van der Waals surface area contributed by atoms with E-state index in [0.29, 0.717) is 48.7 Å². The van der Waals surface area contributed by atoms with Crippen LogP contribution in [0.2, 0.25) is 5.02 Å². The van der Waals surface area contributed by atoms with Crippen molar-refractivity contribution in [2.75, 3.05) is 20.3 Å². The lowest BCUT2D eigenvalue weighted by atomic mass is 10.2. The van der Waals surface area contributed by atoms with Crippen molar-refractivity contribution in [1.29, 1.82) is 0 Å². The van der Waals surface area contributed by atoms with Crippen LogP contribution < -0.4 is 10.1 Å². The number of nitrogens with one attached hydrogen (secondary N) is 1. The number of carbonyl (C=O) groups excluding carboxylic acids is 1. The van der Waals surface area contributed by atoms with Gasteiger partial charge < -0.3 is 19.2 Å². The van der Waals surface area contributed by atoms with Gasteiger partial charge in [0.05, 0.1) is 12.8 Å². The summed E-state index contributed by atoms with van der Waals surface area (Å²) in [7, 11) is 1.61. The van der Waals surface area contributed by atoms with Crippen LogP contribution in [-0.2, 0) is 22.5 Å². The van der Waals surface area contributed by atoms with Crippen LogP contribution in [-0.4, -0.2) is 36.2 Å². The van der Waals surface area contributed by atoms with Crippen molar-refractivity contribution >= 4 is 17.5 Å². The molecule has 0 fully saturated rings. The number of nitrogens with zero attached hydrogens (tertiary/aromatic N) is 2. The molecular weight excluding hydrogens is 394 g/mol. The quantitative estimate of drug-likeness (QED) is 0.508. The number of oxazole rings is 1. The van der Waals surface area contributed by atoms with E-state index in [9.17, 15) is 4.79 Å². The van der Waals surface area contributed by atoms with Crippen LogP contribution in [0.1, 0.15) is 17.9 Å². The topological polar surface area (TPSA) is 86.5 Å². The van der Waals surface area contributed by atoms with Gasteiger partial charge in [-0.3, -0.25) is 4.79 Å². The van der Waals surface area contributed by atoms with Crippen molar-refractivity contribution in [3.05, 3.63) is 65.3 Å². The first kappa shape index (κ1) is 20.8. The number of ether oxygens (including phenoxy) is 2. The van der Waals surface area contributed by atoms with Gasteiger partial charge in [-0.25, -0.2) is 9.97 Å². The number of benzene rings is 1. The minimum Gasteiger partial charge on any atom is -0.475 e. The Labute approximate surface area is 174 Å². The van der Waals surface area contributed by atoms with Crippen molar-refractivity contribution in [1.82, 2.24) is 15.3 Å². The van der Waals surface area contributed by atoms with Crippen molar-refractivity contribution in [3.8, 4) is 17.2 Å². The first-order valence-electron chi connectivity index (χ1n) is 9.18. The molecule has 0 atom stereocenters. The number of rotatable bonds is 10. The summed E-state index contributed by atoms with van der Waals surface area (Å²) < 4.78 is 16.0. The third-order valence-electron chi connectivity index (χ3n) is 4.07. The number of amides is 1. The van der Waals surface area contributed by atoms with Gasteiger partial charge in [0.2, 0.25) is 11.8 Å². The van der Waals surface area contributed by atoms with E-state index >= 15 is 0 Å². The molecule has 0 saturated carbocycles. The SMILES string of the molecule is COCCOc1ccc(CNC(=O)CCc2ncc(-c3ccc(Cl)cc3)o2)cn1. The van der Waals surface area contributed by atoms with Crippen LogP contribution in [0.25, 0.3) is 11.3 Å². The average Bonchev–Trinajstić information content (AvgIpc) is 3.21. The van der Waals surface area contributed by atoms with Gasteiger partial charge in [0, 0.05) is 49.3 Å². The van der Waals surface area contributed by atoms with Crippen molar-refractivity contribution in [3.63, 3.8) is 0 Å². The van der Waals surface area contributed by atoms with Gasteiger partial charge in [0.25, 0.3) is 0 Å². The van der Waals surface area contributed by atoms with Crippen LogP contribution in [0.15, 0.2) is 53.2 Å². The predicted octanol–water partition coefficient (Wildman–Crippen LogP) is 3.66. The van der Waals surface area contributed by atoms with Crippen LogP contribution in [0.4, 0.5) is 0 Å². The van der Waals surface area contributed by atoms with Crippen LogP contribution in [0, 0.1) is 0 Å². The van der Waals surface area contributed by atoms with Gasteiger partial charge in [-0.2, -0.15) is 0 Å². The molecule has 0 bridgehead atoms. The van der Waals surface area contributed by atoms with E-state index in [2.05, 4.69) is 15.3 Å². The molecule has 2 aromatic heterocycles. The number of aryl methyl sites for hydroxylation is 1. The highest BCUT2D eigenvalue weighted by Crippen LogP contribution is 2.22. The Hall–Kier alpha value is -2.90. The second-order valence-electron chi connectivity index (χ2n) is 6.25. The maximum Gasteiger partial charge on any atom is 0.220 e. The fourth-order valence-corrected chi connectivity index (χ4v) is 2.64. The molecule has 0 unspecified atom stereocenters. The number of hydrogen-bond acceptors (Lipinski definition) is 6. The zero-order chi connectivity index (χ0) is 20.5. The third-order valence-corrected chi connectivity index (χ3v) is 4.32. The predicted molar refractivity (Wildman–Crippen MR) is 109 cm³/mol. The molecule has 8 heteroatoms. The zero-order valence-electron chi connectivity index (χ0n) is 16.1. The van der Waals surface area contributed by atoms with E-state index in [-0.39, 0.29) is 12.3 Å². The first-order chi connectivity index (χ1) is 14.1. The van der Waals surface area contributed by atoms with Crippen molar-refractivity contribution in [2.45, 2.75) is 19.4 Å². The van der Waals surface area contributed by atoms with Gasteiger partial charge in [-0.05, 0) is 29.8 Å². The number of hydrogen-bond donors (Lipinski definition) is 1. The lowest BCUT2D eigenvalue weighted by molar-refractivity contribution is -0.121. The summed E-state index contributed by atoms with van der Waals surface area (Å²) in [6, 6.07) is 10.9. The van der Waals surface area contributed by atoms with Crippen LogP contribution >= 0.6 is 11.6 Å². The Balaban J connectivity index is 1.41.